The van der Waals surface area contributed by atoms with E-state index in [1.54, 1.807) is 0 Å². The lowest BCUT2D eigenvalue weighted by Crippen LogP contribution is -2.37. The van der Waals surface area contributed by atoms with E-state index in [-0.39, 0.29) is 33.9 Å². The standard InChI is InChI=1S/C19H29NO5/c1-18(2)16(19(18,3)4)15(22)13-14(21)12(25-17(13)23)6-5-7-20-8-10-24-11-9-20/h12,16,22H,5-11H2,1-4H3. The van der Waals surface area contributed by atoms with Gasteiger partial charge in [0.1, 0.15) is 11.3 Å². The first-order valence-corrected chi connectivity index (χ1v) is 9.16. The molecule has 0 radical (unpaired) electrons. The number of Topliss-reactive ketones (excluding diaryl/α,β-unsaturated/α-hetero) is 1. The summed E-state index contributed by atoms with van der Waals surface area (Å²) in [4.78, 5) is 27.1. The first kappa shape index (κ1) is 18.4. The third-order valence-corrected chi connectivity index (χ3v) is 6.59. The second-order valence-electron chi connectivity index (χ2n) is 8.49. The van der Waals surface area contributed by atoms with E-state index in [0.29, 0.717) is 6.42 Å². The Bertz CT molecular complexity index is 587. The van der Waals surface area contributed by atoms with Crippen molar-refractivity contribution in [3.8, 4) is 0 Å². The number of morpholine rings is 1. The molecule has 6 nitrogen and oxygen atoms in total. The van der Waals surface area contributed by atoms with Gasteiger partial charge in [0.2, 0.25) is 5.78 Å². The summed E-state index contributed by atoms with van der Waals surface area (Å²) >= 11 is 0. The quantitative estimate of drug-likeness (QED) is 0.354. The summed E-state index contributed by atoms with van der Waals surface area (Å²) in [7, 11) is 0. The first-order chi connectivity index (χ1) is 11.7. The molecule has 140 valence electrons. The molecule has 0 amide bonds. The van der Waals surface area contributed by atoms with Gasteiger partial charge in [-0.25, -0.2) is 4.79 Å². The van der Waals surface area contributed by atoms with Crippen LogP contribution in [0.1, 0.15) is 40.5 Å². The van der Waals surface area contributed by atoms with Gasteiger partial charge >= 0.3 is 5.97 Å². The second-order valence-corrected chi connectivity index (χ2v) is 8.49. The van der Waals surface area contributed by atoms with Crippen molar-refractivity contribution in [2.75, 3.05) is 32.8 Å². The molecule has 1 aliphatic carbocycles. The second kappa shape index (κ2) is 6.40. The molecular formula is C19H29NO5. The van der Waals surface area contributed by atoms with E-state index in [9.17, 15) is 14.7 Å². The average molecular weight is 351 g/mol. The van der Waals surface area contributed by atoms with Crippen LogP contribution < -0.4 is 0 Å². The monoisotopic (exact) mass is 351 g/mol. The number of ether oxygens (including phenoxy) is 2. The lowest BCUT2D eigenvalue weighted by Gasteiger charge is -2.26. The number of carbonyl (C=O) groups excluding carboxylic acids is 2. The molecule has 3 rings (SSSR count). The number of cyclic esters (lactones) is 1. The zero-order valence-electron chi connectivity index (χ0n) is 15.6. The van der Waals surface area contributed by atoms with Crippen LogP contribution >= 0.6 is 0 Å². The molecule has 0 spiro atoms. The highest BCUT2D eigenvalue weighted by atomic mass is 16.6. The van der Waals surface area contributed by atoms with Crippen molar-refractivity contribution in [3.63, 3.8) is 0 Å². The number of rotatable bonds is 5. The van der Waals surface area contributed by atoms with E-state index < -0.39 is 12.1 Å². The summed E-state index contributed by atoms with van der Waals surface area (Å²) in [5, 5.41) is 10.6. The molecule has 1 atom stereocenters. The van der Waals surface area contributed by atoms with Crippen LogP contribution in [0, 0.1) is 16.7 Å². The largest absolute Gasteiger partial charge is 0.511 e. The topological polar surface area (TPSA) is 76.1 Å². The Morgan fingerprint density at radius 2 is 1.76 bits per heavy atom. The lowest BCUT2D eigenvalue weighted by atomic mass is 10.0. The van der Waals surface area contributed by atoms with E-state index in [2.05, 4.69) is 4.90 Å². The third kappa shape index (κ3) is 3.10. The Labute approximate surface area is 149 Å². The van der Waals surface area contributed by atoms with Crippen LogP contribution in [0.5, 0.6) is 0 Å². The van der Waals surface area contributed by atoms with Gasteiger partial charge in [0.15, 0.2) is 6.10 Å². The summed E-state index contributed by atoms with van der Waals surface area (Å²) in [6, 6.07) is 0. The van der Waals surface area contributed by atoms with E-state index in [1.165, 1.54) is 0 Å². The highest BCUT2D eigenvalue weighted by Crippen LogP contribution is 2.71. The van der Waals surface area contributed by atoms with E-state index in [0.717, 1.165) is 39.3 Å². The molecule has 3 fully saturated rings. The van der Waals surface area contributed by atoms with Crippen LogP contribution in [-0.2, 0) is 19.1 Å². The Balaban J connectivity index is 1.61. The minimum atomic E-state index is -0.754. The molecule has 1 unspecified atom stereocenters. The summed E-state index contributed by atoms with van der Waals surface area (Å²) in [5.74, 6) is -1.29. The predicted octanol–water partition coefficient (Wildman–Crippen LogP) is 2.09. The van der Waals surface area contributed by atoms with Gasteiger partial charge in [-0.15, -0.1) is 0 Å². The molecule has 1 N–H and O–H groups in total. The molecule has 1 saturated carbocycles. The van der Waals surface area contributed by atoms with Crippen molar-refractivity contribution in [3.05, 3.63) is 11.3 Å². The number of hydrogen-bond donors (Lipinski definition) is 1. The Morgan fingerprint density at radius 1 is 1.16 bits per heavy atom. The van der Waals surface area contributed by atoms with Gasteiger partial charge < -0.3 is 14.6 Å². The van der Waals surface area contributed by atoms with Crippen LogP contribution in [0.2, 0.25) is 0 Å². The Hall–Kier alpha value is -1.40. The highest BCUT2D eigenvalue weighted by molar-refractivity contribution is 6.23. The molecule has 0 bridgehead atoms. The van der Waals surface area contributed by atoms with Crippen LogP contribution in [0.3, 0.4) is 0 Å². The molecule has 2 saturated heterocycles. The van der Waals surface area contributed by atoms with Gasteiger partial charge in [0.05, 0.1) is 13.2 Å². The lowest BCUT2D eigenvalue weighted by molar-refractivity contribution is -0.141. The van der Waals surface area contributed by atoms with Crippen LogP contribution in [0.25, 0.3) is 0 Å². The number of allylic oxidation sites excluding steroid dienone is 1. The SMILES string of the molecule is CC1(C)C(C(O)=C2C(=O)OC(CCCN3CCOCC3)C2=O)C1(C)C. The van der Waals surface area contributed by atoms with Gasteiger partial charge in [0, 0.05) is 19.0 Å². The van der Waals surface area contributed by atoms with Crippen molar-refractivity contribution in [1.82, 2.24) is 4.90 Å². The predicted molar refractivity (Wildman–Crippen MR) is 92.1 cm³/mol. The minimum Gasteiger partial charge on any atom is -0.511 e. The van der Waals surface area contributed by atoms with Crippen LogP contribution in [0.4, 0.5) is 0 Å². The fraction of sp³-hybridized carbons (Fsp3) is 0.789. The number of aliphatic hydroxyl groups is 1. The summed E-state index contributed by atoms with van der Waals surface area (Å²) < 4.78 is 10.6. The van der Waals surface area contributed by atoms with E-state index >= 15 is 0 Å². The molecular weight excluding hydrogens is 322 g/mol. The van der Waals surface area contributed by atoms with Crippen LogP contribution in [-0.4, -0.2) is 60.7 Å². The molecule has 2 heterocycles. The zero-order valence-corrected chi connectivity index (χ0v) is 15.6. The third-order valence-electron chi connectivity index (χ3n) is 6.59. The molecule has 6 heteroatoms. The van der Waals surface area contributed by atoms with Crippen molar-refractivity contribution in [2.24, 2.45) is 16.7 Å². The fourth-order valence-corrected chi connectivity index (χ4v) is 4.27. The van der Waals surface area contributed by atoms with Gasteiger partial charge in [-0.05, 0) is 30.2 Å². The van der Waals surface area contributed by atoms with E-state index in [1.807, 2.05) is 27.7 Å². The highest BCUT2D eigenvalue weighted by Gasteiger charge is 2.68. The van der Waals surface area contributed by atoms with Gasteiger partial charge in [-0.3, -0.25) is 9.69 Å². The summed E-state index contributed by atoms with van der Waals surface area (Å²) in [6.45, 7) is 12.3. The van der Waals surface area contributed by atoms with Crippen molar-refractivity contribution >= 4 is 11.8 Å². The smallest absolute Gasteiger partial charge is 0.346 e. The normalized spacial score (nSPS) is 31.1. The van der Waals surface area contributed by atoms with Crippen molar-refractivity contribution in [1.29, 1.82) is 0 Å². The Morgan fingerprint density at radius 3 is 2.32 bits per heavy atom. The molecule has 0 aromatic carbocycles. The molecule has 0 aromatic heterocycles. The number of hydrogen-bond acceptors (Lipinski definition) is 6. The number of esters is 1. The summed E-state index contributed by atoms with van der Waals surface area (Å²) in [5.41, 5.74) is -0.405. The molecule has 3 aliphatic rings. The van der Waals surface area contributed by atoms with Crippen LogP contribution in [0.15, 0.2) is 11.3 Å². The van der Waals surface area contributed by atoms with Gasteiger partial charge in [-0.2, -0.15) is 0 Å². The maximum Gasteiger partial charge on any atom is 0.346 e. The molecule has 25 heavy (non-hydrogen) atoms. The number of ketones is 1. The number of carbonyl (C=O) groups is 2. The first-order valence-electron chi connectivity index (χ1n) is 9.16. The fourth-order valence-electron chi connectivity index (χ4n) is 4.27. The maximum absolute atomic E-state index is 12.6. The maximum atomic E-state index is 12.6. The molecule has 2 aliphatic heterocycles. The van der Waals surface area contributed by atoms with Gasteiger partial charge in [0.25, 0.3) is 0 Å². The molecule has 0 aromatic rings. The van der Waals surface area contributed by atoms with Crippen molar-refractivity contribution in [2.45, 2.75) is 46.6 Å². The van der Waals surface area contributed by atoms with Gasteiger partial charge in [-0.1, -0.05) is 27.7 Å². The minimum absolute atomic E-state index is 0.0827. The number of aliphatic hydroxyl groups excluding tert-OH is 1. The number of nitrogens with zero attached hydrogens (tertiary/aromatic N) is 1. The Kier molecular flexibility index (Phi) is 4.71. The van der Waals surface area contributed by atoms with E-state index in [4.69, 9.17) is 9.47 Å². The zero-order chi connectivity index (χ0) is 18.4. The average Bonchev–Trinajstić information content (AvgIpc) is 2.79. The van der Waals surface area contributed by atoms with Crippen molar-refractivity contribution < 1.29 is 24.2 Å². The summed E-state index contributed by atoms with van der Waals surface area (Å²) in [6.07, 6.45) is 0.518.